The predicted octanol–water partition coefficient (Wildman–Crippen LogP) is 1.07. The van der Waals surface area contributed by atoms with E-state index < -0.39 is 5.91 Å². The fraction of sp³-hybridized carbons (Fsp3) is 0.333. The molecule has 0 spiro atoms. The molecule has 1 aliphatic rings. The first-order valence-electron chi connectivity index (χ1n) is 8.64. The number of rotatable bonds is 6. The Bertz CT molecular complexity index is 859. The predicted molar refractivity (Wildman–Crippen MR) is 103 cm³/mol. The molecule has 3 rings (SSSR count). The molecule has 0 saturated carbocycles. The van der Waals surface area contributed by atoms with Crippen LogP contribution >= 0.6 is 11.6 Å². The van der Waals surface area contributed by atoms with E-state index in [-0.39, 0.29) is 23.2 Å². The summed E-state index contributed by atoms with van der Waals surface area (Å²) < 4.78 is 12.2. The van der Waals surface area contributed by atoms with Crippen LogP contribution in [0.1, 0.15) is 16.1 Å². The molecule has 1 saturated heterocycles. The van der Waals surface area contributed by atoms with Gasteiger partial charge < -0.3 is 14.4 Å². The smallest absolute Gasteiger partial charge is 0.293 e. The molecule has 0 atom stereocenters. The van der Waals surface area contributed by atoms with Crippen LogP contribution in [0.3, 0.4) is 0 Å². The van der Waals surface area contributed by atoms with Crippen LogP contribution in [0.2, 0.25) is 5.02 Å². The molecule has 1 aromatic heterocycles. The highest BCUT2D eigenvalue weighted by atomic mass is 35.5. The van der Waals surface area contributed by atoms with Gasteiger partial charge in [0.25, 0.3) is 11.8 Å². The quantitative estimate of drug-likeness (QED) is 0.572. The van der Waals surface area contributed by atoms with E-state index in [0.717, 1.165) is 5.56 Å². The molecule has 148 valence electrons. The highest BCUT2D eigenvalue weighted by molar-refractivity contribution is 6.33. The van der Waals surface area contributed by atoms with Crippen molar-refractivity contribution in [2.24, 2.45) is 12.1 Å². The summed E-state index contributed by atoms with van der Waals surface area (Å²) in [6.45, 7) is 2.28. The molecule has 10 heteroatoms. The number of nitrogens with one attached hydrogen (secondary N) is 1. The molecule has 0 unspecified atom stereocenters. The number of hydrogen-bond donors (Lipinski definition) is 1. The van der Waals surface area contributed by atoms with Gasteiger partial charge in [0.2, 0.25) is 0 Å². The van der Waals surface area contributed by atoms with Crippen LogP contribution in [-0.4, -0.2) is 65.6 Å². The molecule has 2 aromatic rings. The molecule has 9 nitrogen and oxygen atoms in total. The molecule has 2 heterocycles. The minimum Gasteiger partial charge on any atom is -0.484 e. The van der Waals surface area contributed by atoms with Crippen LogP contribution in [-0.2, 0) is 16.6 Å². The molecular weight excluding hydrogens is 386 g/mol. The van der Waals surface area contributed by atoms with Gasteiger partial charge in [-0.25, -0.2) is 5.43 Å². The van der Waals surface area contributed by atoms with Crippen molar-refractivity contribution in [2.45, 2.75) is 0 Å². The molecule has 0 aliphatic carbocycles. The first-order chi connectivity index (χ1) is 13.5. The molecule has 1 N–H and O–H groups in total. The number of hydrogen-bond acceptors (Lipinski definition) is 6. The Hall–Kier alpha value is -2.91. The second kappa shape index (κ2) is 9.34. The number of aryl methyl sites for hydroxylation is 1. The highest BCUT2D eigenvalue weighted by Crippen LogP contribution is 2.13. The topological polar surface area (TPSA) is 98.0 Å². The summed E-state index contributed by atoms with van der Waals surface area (Å²) in [7, 11) is 1.67. The first kappa shape index (κ1) is 19.8. The van der Waals surface area contributed by atoms with Gasteiger partial charge in [-0.15, -0.1) is 0 Å². The van der Waals surface area contributed by atoms with Crippen molar-refractivity contribution in [3.8, 4) is 5.75 Å². The Balaban J connectivity index is 1.47. The van der Waals surface area contributed by atoms with Gasteiger partial charge in [-0.3, -0.25) is 14.3 Å². The zero-order chi connectivity index (χ0) is 19.9. The lowest BCUT2D eigenvalue weighted by atomic mass is 10.2. The molecule has 1 fully saturated rings. The normalized spacial score (nSPS) is 14.3. The molecule has 1 aromatic carbocycles. The van der Waals surface area contributed by atoms with Crippen molar-refractivity contribution in [1.82, 2.24) is 20.1 Å². The van der Waals surface area contributed by atoms with Crippen LogP contribution in [0.5, 0.6) is 5.75 Å². The van der Waals surface area contributed by atoms with Crippen LogP contribution in [0, 0.1) is 0 Å². The summed E-state index contributed by atoms with van der Waals surface area (Å²) in [5.74, 6) is 0.0105. The summed E-state index contributed by atoms with van der Waals surface area (Å²) >= 11 is 5.91. The van der Waals surface area contributed by atoms with Crippen molar-refractivity contribution in [2.75, 3.05) is 32.9 Å². The largest absolute Gasteiger partial charge is 0.484 e. The number of benzene rings is 1. The van der Waals surface area contributed by atoms with Crippen LogP contribution in [0.25, 0.3) is 0 Å². The zero-order valence-corrected chi connectivity index (χ0v) is 16.1. The summed E-state index contributed by atoms with van der Waals surface area (Å²) in [6, 6.07) is 6.98. The Labute approximate surface area is 166 Å². The summed E-state index contributed by atoms with van der Waals surface area (Å²) in [6.07, 6.45) is 3.01. The second-order valence-corrected chi connectivity index (χ2v) is 6.46. The third-order valence-corrected chi connectivity index (χ3v) is 4.26. The number of carbonyl (C=O) groups is 2. The molecular formula is C18H20ClN5O4. The number of ether oxygens (including phenoxy) is 2. The third-order valence-electron chi connectivity index (χ3n) is 3.99. The van der Waals surface area contributed by atoms with E-state index in [1.165, 1.54) is 17.1 Å². The maximum Gasteiger partial charge on any atom is 0.293 e. The van der Waals surface area contributed by atoms with Crippen molar-refractivity contribution in [3.63, 3.8) is 0 Å². The molecule has 2 amide bonds. The fourth-order valence-electron chi connectivity index (χ4n) is 2.53. The SMILES string of the molecule is Cn1cc(Cl)c(C(=O)N/N=C\c2ccc(OCC(=O)N3CCOCC3)cc2)n1. The van der Waals surface area contributed by atoms with Crippen molar-refractivity contribution in [3.05, 3.63) is 46.7 Å². The van der Waals surface area contributed by atoms with Gasteiger partial charge >= 0.3 is 0 Å². The maximum absolute atomic E-state index is 12.1. The lowest BCUT2D eigenvalue weighted by Gasteiger charge is -2.26. The summed E-state index contributed by atoms with van der Waals surface area (Å²) in [5.41, 5.74) is 3.23. The number of aromatic nitrogens is 2. The molecule has 0 radical (unpaired) electrons. The van der Waals surface area contributed by atoms with Crippen LogP contribution in [0.15, 0.2) is 35.6 Å². The fourth-order valence-corrected chi connectivity index (χ4v) is 2.80. The Morgan fingerprint density at radius 1 is 1.32 bits per heavy atom. The lowest BCUT2D eigenvalue weighted by Crippen LogP contribution is -2.42. The number of nitrogens with zero attached hydrogens (tertiary/aromatic N) is 4. The minimum absolute atomic E-state index is 0.0195. The highest BCUT2D eigenvalue weighted by Gasteiger charge is 2.17. The van der Waals surface area contributed by atoms with E-state index in [9.17, 15) is 9.59 Å². The van der Waals surface area contributed by atoms with Gasteiger partial charge in [-0.1, -0.05) is 11.6 Å². The van der Waals surface area contributed by atoms with Gasteiger partial charge in [-0.2, -0.15) is 10.2 Å². The molecule has 28 heavy (non-hydrogen) atoms. The van der Waals surface area contributed by atoms with Gasteiger partial charge in [0.1, 0.15) is 5.75 Å². The van der Waals surface area contributed by atoms with E-state index in [4.69, 9.17) is 21.1 Å². The van der Waals surface area contributed by atoms with Crippen molar-refractivity contribution >= 4 is 29.6 Å². The number of morpholine rings is 1. The van der Waals surface area contributed by atoms with Crippen molar-refractivity contribution in [1.29, 1.82) is 0 Å². The number of carbonyl (C=O) groups excluding carboxylic acids is 2. The zero-order valence-electron chi connectivity index (χ0n) is 15.3. The van der Waals surface area contributed by atoms with Crippen LogP contribution in [0.4, 0.5) is 0 Å². The van der Waals surface area contributed by atoms with E-state index in [1.54, 1.807) is 36.2 Å². The lowest BCUT2D eigenvalue weighted by molar-refractivity contribution is -0.137. The summed E-state index contributed by atoms with van der Waals surface area (Å²) in [4.78, 5) is 25.7. The van der Waals surface area contributed by atoms with E-state index in [0.29, 0.717) is 32.1 Å². The van der Waals surface area contributed by atoms with Gasteiger partial charge in [0.05, 0.1) is 24.5 Å². The standard InChI is InChI=1S/C18H20ClN5O4/c1-23-11-15(19)17(22-23)18(26)21-20-10-13-2-4-14(5-3-13)28-12-16(25)24-6-8-27-9-7-24/h2-5,10-11H,6-9,12H2,1H3,(H,21,26)/b20-10-. The molecule has 1 aliphatic heterocycles. The second-order valence-electron chi connectivity index (χ2n) is 6.05. The number of halogens is 1. The van der Waals surface area contributed by atoms with E-state index >= 15 is 0 Å². The van der Waals surface area contributed by atoms with Gasteiger partial charge in [-0.05, 0) is 29.8 Å². The average molecular weight is 406 g/mol. The Kier molecular flexibility index (Phi) is 6.62. The van der Waals surface area contributed by atoms with Crippen molar-refractivity contribution < 1.29 is 19.1 Å². The van der Waals surface area contributed by atoms with E-state index in [2.05, 4.69) is 15.6 Å². The number of amides is 2. The monoisotopic (exact) mass is 405 g/mol. The average Bonchev–Trinajstić information content (AvgIpc) is 3.06. The summed E-state index contributed by atoms with van der Waals surface area (Å²) in [5, 5.41) is 8.10. The first-order valence-corrected chi connectivity index (χ1v) is 9.01. The minimum atomic E-state index is -0.497. The molecule has 0 bridgehead atoms. The van der Waals surface area contributed by atoms with Gasteiger partial charge in [0, 0.05) is 26.3 Å². The Morgan fingerprint density at radius 3 is 2.68 bits per heavy atom. The maximum atomic E-state index is 12.1. The number of hydrazone groups is 1. The van der Waals surface area contributed by atoms with Crippen LogP contribution < -0.4 is 10.2 Å². The Morgan fingerprint density at radius 2 is 2.04 bits per heavy atom. The van der Waals surface area contributed by atoms with Gasteiger partial charge in [0.15, 0.2) is 12.3 Å². The third kappa shape index (κ3) is 5.30. The van der Waals surface area contributed by atoms with E-state index in [1.807, 2.05) is 0 Å².